The highest BCUT2D eigenvalue weighted by molar-refractivity contribution is 9.10. The third-order valence-corrected chi connectivity index (χ3v) is 5.40. The summed E-state index contributed by atoms with van der Waals surface area (Å²) in [5.41, 5.74) is 1.43. The fraction of sp³-hybridized carbons (Fsp3) is 0.273. The zero-order valence-corrected chi connectivity index (χ0v) is 17.0. The van der Waals surface area contributed by atoms with Gasteiger partial charge in [-0.2, -0.15) is 0 Å². The molecule has 1 N–H and O–H groups in total. The lowest BCUT2D eigenvalue weighted by molar-refractivity contribution is -0.127. The maximum atomic E-state index is 12.9. The van der Waals surface area contributed by atoms with E-state index >= 15 is 0 Å². The van der Waals surface area contributed by atoms with Crippen LogP contribution < -0.4 is 5.32 Å². The Bertz CT molecular complexity index is 842. The number of hydrogen-bond acceptors (Lipinski definition) is 2. The van der Waals surface area contributed by atoms with Crippen LogP contribution in [0.1, 0.15) is 28.8 Å². The van der Waals surface area contributed by atoms with Crippen molar-refractivity contribution in [3.05, 3.63) is 76.0 Å². The van der Waals surface area contributed by atoms with E-state index in [1.165, 1.54) is 24.3 Å². The smallest absolute Gasteiger partial charge is 0.251 e. The van der Waals surface area contributed by atoms with E-state index in [4.69, 9.17) is 0 Å². The van der Waals surface area contributed by atoms with Gasteiger partial charge in [0.15, 0.2) is 0 Å². The van der Waals surface area contributed by atoms with Gasteiger partial charge in [-0.15, -0.1) is 0 Å². The van der Waals surface area contributed by atoms with Gasteiger partial charge in [0.1, 0.15) is 5.82 Å². The van der Waals surface area contributed by atoms with Gasteiger partial charge in [0.25, 0.3) is 5.91 Å². The van der Waals surface area contributed by atoms with Crippen LogP contribution in [0.15, 0.2) is 59.1 Å². The van der Waals surface area contributed by atoms with Crippen molar-refractivity contribution in [2.24, 2.45) is 5.92 Å². The van der Waals surface area contributed by atoms with E-state index in [0.29, 0.717) is 31.1 Å². The average Bonchev–Trinajstić information content (AvgIpc) is 2.72. The molecule has 0 radical (unpaired) electrons. The molecule has 1 aliphatic heterocycles. The molecule has 28 heavy (non-hydrogen) atoms. The monoisotopic (exact) mass is 444 g/mol. The summed E-state index contributed by atoms with van der Waals surface area (Å²) in [5.74, 6) is -0.209. The summed E-state index contributed by atoms with van der Waals surface area (Å²) in [7, 11) is 0. The molecule has 6 heteroatoms. The molecule has 3 rings (SSSR count). The fourth-order valence-electron chi connectivity index (χ4n) is 3.14. The van der Waals surface area contributed by atoms with Gasteiger partial charge in [-0.25, -0.2) is 4.39 Å². The second kappa shape index (κ2) is 9.64. The van der Waals surface area contributed by atoms with Gasteiger partial charge < -0.3 is 10.2 Å². The summed E-state index contributed by atoms with van der Waals surface area (Å²) < 4.78 is 13.9. The van der Waals surface area contributed by atoms with Crippen LogP contribution in [0.2, 0.25) is 0 Å². The number of benzene rings is 2. The number of nitrogens with one attached hydrogen (secondary N) is 1. The minimum Gasteiger partial charge on any atom is -0.352 e. The van der Waals surface area contributed by atoms with Crippen molar-refractivity contribution in [2.45, 2.75) is 12.8 Å². The number of nitrogens with zero attached hydrogens (tertiary/aromatic N) is 1. The predicted molar refractivity (Wildman–Crippen MR) is 111 cm³/mol. The molecule has 0 aromatic heterocycles. The van der Waals surface area contributed by atoms with Gasteiger partial charge in [0.05, 0.1) is 0 Å². The molecule has 146 valence electrons. The van der Waals surface area contributed by atoms with Crippen molar-refractivity contribution in [1.29, 1.82) is 0 Å². The molecule has 0 spiro atoms. The van der Waals surface area contributed by atoms with Crippen LogP contribution in [-0.4, -0.2) is 36.3 Å². The van der Waals surface area contributed by atoms with Crippen LogP contribution in [0.3, 0.4) is 0 Å². The second-order valence-electron chi connectivity index (χ2n) is 6.87. The van der Waals surface area contributed by atoms with Gasteiger partial charge in [-0.05, 0) is 66.8 Å². The zero-order chi connectivity index (χ0) is 19.9. The van der Waals surface area contributed by atoms with Crippen molar-refractivity contribution in [1.82, 2.24) is 10.2 Å². The molecular weight excluding hydrogens is 423 g/mol. The molecule has 1 fully saturated rings. The normalized spacial score (nSPS) is 15.0. The Morgan fingerprint density at radius 3 is 2.36 bits per heavy atom. The molecule has 4 nitrogen and oxygen atoms in total. The standard InChI is InChI=1S/C22H22BrFN2O2/c23-19-6-1-16(2-7-19)3-10-21(27)26-13-11-17(12-14-26)15-25-22(28)18-4-8-20(24)9-5-18/h1-10,17H,11-15H2,(H,25,28)/b10-3+. The first-order valence-electron chi connectivity index (χ1n) is 9.27. The second-order valence-corrected chi connectivity index (χ2v) is 7.79. The first-order valence-corrected chi connectivity index (χ1v) is 10.1. The number of rotatable bonds is 5. The number of carbonyl (C=O) groups excluding carboxylic acids is 2. The van der Waals surface area contributed by atoms with Crippen LogP contribution in [0, 0.1) is 11.7 Å². The molecule has 0 bridgehead atoms. The molecule has 2 aromatic rings. The number of amides is 2. The SMILES string of the molecule is O=C(NCC1CCN(C(=O)/C=C/c2ccc(Br)cc2)CC1)c1ccc(F)cc1. The Balaban J connectivity index is 1.42. The molecule has 1 heterocycles. The molecule has 1 saturated heterocycles. The Labute approximate surface area is 172 Å². The van der Waals surface area contributed by atoms with E-state index in [1.807, 2.05) is 35.2 Å². The highest BCUT2D eigenvalue weighted by atomic mass is 79.9. The summed E-state index contributed by atoms with van der Waals surface area (Å²) in [5, 5.41) is 2.90. The van der Waals surface area contributed by atoms with Gasteiger partial charge >= 0.3 is 0 Å². The van der Waals surface area contributed by atoms with Crippen LogP contribution in [-0.2, 0) is 4.79 Å². The maximum absolute atomic E-state index is 12.9. The highest BCUT2D eigenvalue weighted by Crippen LogP contribution is 2.18. The Morgan fingerprint density at radius 1 is 1.07 bits per heavy atom. The Hall–Kier alpha value is -2.47. The van der Waals surface area contributed by atoms with Gasteiger partial charge in [0, 0.05) is 35.7 Å². The number of halogens is 2. The van der Waals surface area contributed by atoms with Crippen LogP contribution in [0.25, 0.3) is 6.08 Å². The lowest BCUT2D eigenvalue weighted by Gasteiger charge is -2.31. The van der Waals surface area contributed by atoms with Crippen molar-refractivity contribution in [3.63, 3.8) is 0 Å². The largest absolute Gasteiger partial charge is 0.352 e. The third kappa shape index (κ3) is 5.76. The van der Waals surface area contributed by atoms with Crippen molar-refractivity contribution >= 4 is 33.8 Å². The predicted octanol–water partition coefficient (Wildman–Crippen LogP) is 4.27. The summed E-state index contributed by atoms with van der Waals surface area (Å²) in [4.78, 5) is 26.3. The molecule has 2 amide bonds. The summed E-state index contributed by atoms with van der Waals surface area (Å²) in [6.07, 6.45) is 5.13. The van der Waals surface area contributed by atoms with E-state index < -0.39 is 0 Å². The van der Waals surface area contributed by atoms with Gasteiger partial charge in [-0.3, -0.25) is 9.59 Å². The van der Waals surface area contributed by atoms with Crippen LogP contribution in [0.5, 0.6) is 0 Å². The number of carbonyl (C=O) groups is 2. The van der Waals surface area contributed by atoms with E-state index in [0.717, 1.165) is 22.9 Å². The summed E-state index contributed by atoms with van der Waals surface area (Å²) >= 11 is 3.39. The highest BCUT2D eigenvalue weighted by Gasteiger charge is 2.22. The molecule has 0 aliphatic carbocycles. The number of likely N-dealkylation sites (tertiary alicyclic amines) is 1. The van der Waals surface area contributed by atoms with E-state index in [2.05, 4.69) is 21.2 Å². The zero-order valence-electron chi connectivity index (χ0n) is 15.4. The minimum atomic E-state index is -0.359. The third-order valence-electron chi connectivity index (χ3n) is 4.87. The lowest BCUT2D eigenvalue weighted by Crippen LogP contribution is -2.41. The average molecular weight is 445 g/mol. The van der Waals surface area contributed by atoms with Crippen LogP contribution >= 0.6 is 15.9 Å². The Kier molecular flexibility index (Phi) is 6.98. The molecule has 2 aromatic carbocycles. The minimum absolute atomic E-state index is 0.0108. The first kappa shape index (κ1) is 20.3. The Morgan fingerprint density at radius 2 is 1.71 bits per heavy atom. The number of hydrogen-bond donors (Lipinski definition) is 1. The van der Waals surface area contributed by atoms with Crippen molar-refractivity contribution < 1.29 is 14.0 Å². The molecular formula is C22H22BrFN2O2. The summed E-state index contributed by atoms with van der Waals surface area (Å²) in [6.45, 7) is 1.92. The maximum Gasteiger partial charge on any atom is 0.251 e. The van der Waals surface area contributed by atoms with Gasteiger partial charge in [0.2, 0.25) is 5.91 Å². The van der Waals surface area contributed by atoms with Gasteiger partial charge in [-0.1, -0.05) is 28.1 Å². The van der Waals surface area contributed by atoms with E-state index in [9.17, 15) is 14.0 Å². The lowest BCUT2D eigenvalue weighted by atomic mass is 9.96. The molecule has 0 saturated carbocycles. The quantitative estimate of drug-likeness (QED) is 0.699. The molecule has 1 aliphatic rings. The number of piperidine rings is 1. The van der Waals surface area contributed by atoms with E-state index in [-0.39, 0.29) is 17.6 Å². The van der Waals surface area contributed by atoms with E-state index in [1.54, 1.807) is 6.08 Å². The van der Waals surface area contributed by atoms with Crippen LogP contribution in [0.4, 0.5) is 4.39 Å². The summed E-state index contributed by atoms with van der Waals surface area (Å²) in [6, 6.07) is 13.3. The fourth-order valence-corrected chi connectivity index (χ4v) is 3.41. The molecule has 0 unspecified atom stereocenters. The topological polar surface area (TPSA) is 49.4 Å². The first-order chi connectivity index (χ1) is 13.5. The molecule has 0 atom stereocenters. The van der Waals surface area contributed by atoms with Crippen molar-refractivity contribution in [3.8, 4) is 0 Å². The van der Waals surface area contributed by atoms with Crippen molar-refractivity contribution in [2.75, 3.05) is 19.6 Å².